The van der Waals surface area contributed by atoms with Crippen LogP contribution in [0.25, 0.3) is 11.4 Å². The SMILES string of the molecule is CNC(=O)c1cccc(Cl)c1Nc1nc(Nc2ccc3c(c2)-c2nccn2CCC3)ncc1Cl. The molecule has 1 amide bonds. The first-order chi connectivity index (χ1) is 16.5. The normalized spacial score (nSPS) is 12.3. The fourth-order valence-electron chi connectivity index (χ4n) is 3.99. The van der Waals surface area contributed by atoms with Crippen LogP contribution in [0.1, 0.15) is 22.3 Å². The monoisotopic (exact) mass is 493 g/mol. The molecule has 10 heteroatoms. The first-order valence-corrected chi connectivity index (χ1v) is 11.5. The minimum atomic E-state index is -0.281. The number of rotatable bonds is 5. The number of fused-ring (bicyclic) bond motifs is 3. The van der Waals surface area contributed by atoms with Crippen LogP contribution in [0.15, 0.2) is 55.0 Å². The third kappa shape index (κ3) is 4.30. The fourth-order valence-corrected chi connectivity index (χ4v) is 4.35. The zero-order chi connectivity index (χ0) is 23.7. The topological polar surface area (TPSA) is 96.8 Å². The number of amides is 1. The zero-order valence-electron chi connectivity index (χ0n) is 18.3. The molecule has 8 nitrogen and oxygen atoms in total. The van der Waals surface area contributed by atoms with Gasteiger partial charge >= 0.3 is 0 Å². The molecule has 3 N–H and O–H groups in total. The van der Waals surface area contributed by atoms with Crippen LogP contribution in [0.2, 0.25) is 10.0 Å². The van der Waals surface area contributed by atoms with Crippen molar-refractivity contribution in [2.45, 2.75) is 19.4 Å². The van der Waals surface area contributed by atoms with Gasteiger partial charge in [0.15, 0.2) is 5.82 Å². The molecule has 0 spiro atoms. The number of hydrogen-bond donors (Lipinski definition) is 3. The summed E-state index contributed by atoms with van der Waals surface area (Å²) in [5.41, 5.74) is 3.96. The number of aromatic nitrogens is 4. The van der Waals surface area contributed by atoms with Crippen molar-refractivity contribution < 1.29 is 4.79 Å². The van der Waals surface area contributed by atoms with Gasteiger partial charge in [0.05, 0.1) is 22.5 Å². The lowest BCUT2D eigenvalue weighted by atomic mass is 10.0. The Morgan fingerprint density at radius 2 is 1.97 bits per heavy atom. The summed E-state index contributed by atoms with van der Waals surface area (Å²) in [6.07, 6.45) is 7.39. The van der Waals surface area contributed by atoms with E-state index < -0.39 is 0 Å². The lowest BCUT2D eigenvalue weighted by Gasteiger charge is -2.15. The number of halogens is 2. The number of imidazole rings is 1. The molecule has 2 aromatic heterocycles. The van der Waals surface area contributed by atoms with E-state index in [0.29, 0.717) is 28.0 Å². The first kappa shape index (κ1) is 22.2. The summed E-state index contributed by atoms with van der Waals surface area (Å²) < 4.78 is 2.17. The van der Waals surface area contributed by atoms with Gasteiger partial charge in [-0.05, 0) is 42.7 Å². The third-order valence-corrected chi connectivity index (χ3v) is 6.23. The summed E-state index contributed by atoms with van der Waals surface area (Å²) in [5, 5.41) is 9.59. The maximum absolute atomic E-state index is 12.3. The van der Waals surface area contributed by atoms with Crippen molar-refractivity contribution in [3.63, 3.8) is 0 Å². The Bertz CT molecular complexity index is 1390. The second-order valence-electron chi connectivity index (χ2n) is 7.80. The van der Waals surface area contributed by atoms with Gasteiger partial charge in [-0.1, -0.05) is 35.3 Å². The molecule has 1 aliphatic heterocycles. The maximum Gasteiger partial charge on any atom is 0.253 e. The summed E-state index contributed by atoms with van der Waals surface area (Å²) in [7, 11) is 1.56. The van der Waals surface area contributed by atoms with Crippen LogP contribution < -0.4 is 16.0 Å². The molecule has 3 heterocycles. The van der Waals surface area contributed by atoms with E-state index in [1.54, 1.807) is 25.2 Å². The highest BCUT2D eigenvalue weighted by Gasteiger charge is 2.18. The molecule has 2 aromatic carbocycles. The average Bonchev–Trinajstić information content (AvgIpc) is 3.24. The van der Waals surface area contributed by atoms with Crippen molar-refractivity contribution in [1.29, 1.82) is 0 Å². The Kier molecular flexibility index (Phi) is 6.08. The number of nitrogens with zero attached hydrogens (tertiary/aromatic N) is 4. The largest absolute Gasteiger partial charge is 0.355 e. The highest BCUT2D eigenvalue weighted by molar-refractivity contribution is 6.35. The molecule has 4 aromatic rings. The number of hydrogen-bond acceptors (Lipinski definition) is 6. The number of nitrogens with one attached hydrogen (secondary N) is 3. The van der Waals surface area contributed by atoms with Gasteiger partial charge in [-0.2, -0.15) is 4.98 Å². The van der Waals surface area contributed by atoms with Crippen molar-refractivity contribution >= 4 is 52.3 Å². The van der Waals surface area contributed by atoms with Crippen molar-refractivity contribution in [3.05, 3.63) is 76.2 Å². The smallest absolute Gasteiger partial charge is 0.253 e. The van der Waals surface area contributed by atoms with Gasteiger partial charge < -0.3 is 20.5 Å². The Morgan fingerprint density at radius 1 is 1.09 bits per heavy atom. The van der Waals surface area contributed by atoms with E-state index in [4.69, 9.17) is 23.2 Å². The van der Waals surface area contributed by atoms with Crippen LogP contribution in [0.4, 0.5) is 23.1 Å². The molecule has 1 aliphatic rings. The number of anilines is 4. The predicted octanol–water partition coefficient (Wildman–Crippen LogP) is 5.44. The lowest BCUT2D eigenvalue weighted by Crippen LogP contribution is -2.19. The number of aryl methyl sites for hydroxylation is 2. The summed E-state index contributed by atoms with van der Waals surface area (Å²) in [5.74, 6) is 1.34. The zero-order valence-corrected chi connectivity index (χ0v) is 19.8. The second-order valence-corrected chi connectivity index (χ2v) is 8.62. The minimum absolute atomic E-state index is 0.281. The van der Waals surface area contributed by atoms with E-state index in [2.05, 4.69) is 47.6 Å². The maximum atomic E-state index is 12.3. The van der Waals surface area contributed by atoms with Gasteiger partial charge in [-0.15, -0.1) is 0 Å². The van der Waals surface area contributed by atoms with E-state index in [9.17, 15) is 4.79 Å². The molecule has 0 atom stereocenters. The van der Waals surface area contributed by atoms with E-state index >= 15 is 0 Å². The summed E-state index contributed by atoms with van der Waals surface area (Å²) in [4.78, 5) is 25.7. The van der Waals surface area contributed by atoms with Crippen LogP contribution in [-0.4, -0.2) is 32.5 Å². The molecule has 0 saturated heterocycles. The van der Waals surface area contributed by atoms with Crippen LogP contribution in [0, 0.1) is 0 Å². The van der Waals surface area contributed by atoms with E-state index in [1.807, 2.05) is 18.5 Å². The molecular weight excluding hydrogens is 473 g/mol. The van der Waals surface area contributed by atoms with E-state index in [-0.39, 0.29) is 10.9 Å². The van der Waals surface area contributed by atoms with Crippen molar-refractivity contribution in [2.24, 2.45) is 0 Å². The highest BCUT2D eigenvalue weighted by Crippen LogP contribution is 2.33. The summed E-state index contributed by atoms with van der Waals surface area (Å²) in [6, 6.07) is 11.2. The van der Waals surface area contributed by atoms with Crippen LogP contribution >= 0.6 is 23.2 Å². The number of carbonyl (C=O) groups excluding carboxylic acids is 1. The van der Waals surface area contributed by atoms with Gasteiger partial charge in [0.25, 0.3) is 5.91 Å². The third-order valence-electron chi connectivity index (χ3n) is 5.64. The van der Waals surface area contributed by atoms with Gasteiger partial charge in [0.2, 0.25) is 5.95 Å². The van der Waals surface area contributed by atoms with Crippen molar-refractivity contribution in [1.82, 2.24) is 24.8 Å². The van der Waals surface area contributed by atoms with Gasteiger partial charge in [-0.3, -0.25) is 4.79 Å². The van der Waals surface area contributed by atoms with Gasteiger partial charge in [0, 0.05) is 37.2 Å². The predicted molar refractivity (Wildman–Crippen MR) is 134 cm³/mol. The molecule has 0 radical (unpaired) electrons. The summed E-state index contributed by atoms with van der Waals surface area (Å²) in [6.45, 7) is 0.947. The molecule has 34 heavy (non-hydrogen) atoms. The molecule has 0 aliphatic carbocycles. The molecular formula is C24H21Cl2N7O. The molecule has 5 rings (SSSR count). The Morgan fingerprint density at radius 3 is 2.82 bits per heavy atom. The van der Waals surface area contributed by atoms with Crippen molar-refractivity contribution in [3.8, 4) is 11.4 Å². The number of carbonyl (C=O) groups is 1. The number of benzene rings is 2. The molecule has 0 saturated carbocycles. The Hall–Kier alpha value is -3.62. The van der Waals surface area contributed by atoms with Gasteiger partial charge in [0.1, 0.15) is 10.8 Å². The van der Waals surface area contributed by atoms with E-state index in [0.717, 1.165) is 36.5 Å². The van der Waals surface area contributed by atoms with Crippen LogP contribution in [0.3, 0.4) is 0 Å². The standard InChI is InChI=1S/C24H21Cl2N7O/c1-27-23(34)16-5-2-6-18(25)20(16)31-21-19(26)13-29-24(32-21)30-15-8-7-14-4-3-10-33-11-9-28-22(33)17(14)12-15/h2,5-9,11-13H,3-4,10H2,1H3,(H,27,34)(H2,29,30,31,32). The first-order valence-electron chi connectivity index (χ1n) is 10.7. The molecule has 0 fully saturated rings. The Labute approximate surface area is 206 Å². The van der Waals surface area contributed by atoms with Crippen molar-refractivity contribution in [2.75, 3.05) is 17.7 Å². The Balaban J connectivity index is 1.45. The van der Waals surface area contributed by atoms with Gasteiger partial charge in [-0.25, -0.2) is 9.97 Å². The molecule has 0 unspecified atom stereocenters. The average molecular weight is 494 g/mol. The summed E-state index contributed by atoms with van der Waals surface area (Å²) >= 11 is 12.7. The quantitative estimate of drug-likeness (QED) is 0.342. The molecule has 0 bridgehead atoms. The lowest BCUT2D eigenvalue weighted by molar-refractivity contribution is 0.0964. The van der Waals surface area contributed by atoms with Crippen LogP contribution in [0.5, 0.6) is 0 Å². The fraction of sp³-hybridized carbons (Fsp3) is 0.167. The molecule has 172 valence electrons. The van der Waals surface area contributed by atoms with Crippen LogP contribution in [-0.2, 0) is 13.0 Å². The van der Waals surface area contributed by atoms with E-state index in [1.165, 1.54) is 11.8 Å². The minimum Gasteiger partial charge on any atom is -0.355 e. The highest BCUT2D eigenvalue weighted by atomic mass is 35.5. The second kappa shape index (κ2) is 9.32. The number of para-hydroxylation sites is 1.